The molecule has 1 amide bonds. The summed E-state index contributed by atoms with van der Waals surface area (Å²) in [5.74, 6) is 1.92. The number of nitrogens with zero attached hydrogens (tertiary/aromatic N) is 3. The highest BCUT2D eigenvalue weighted by atomic mass is 127. The van der Waals surface area contributed by atoms with Crippen molar-refractivity contribution in [3.63, 3.8) is 0 Å². The number of guanidine groups is 1. The Kier molecular flexibility index (Phi) is 14.2. The Bertz CT molecular complexity index is 407. The minimum atomic E-state index is 0. The van der Waals surface area contributed by atoms with Crippen LogP contribution in [0.4, 0.5) is 0 Å². The topological polar surface area (TPSA) is 60.0 Å². The van der Waals surface area contributed by atoms with Crippen LogP contribution in [-0.2, 0) is 4.79 Å². The number of halogens is 1. The molecule has 0 radical (unpaired) electrons. The fourth-order valence-electron chi connectivity index (χ4n) is 2.96. The molecule has 2 N–H and O–H groups in total. The zero-order chi connectivity index (χ0) is 18.7. The van der Waals surface area contributed by atoms with E-state index in [1.54, 1.807) is 0 Å². The Morgan fingerprint density at radius 1 is 1.08 bits per heavy atom. The Morgan fingerprint density at radius 3 is 2.27 bits per heavy atom. The zero-order valence-corrected chi connectivity index (χ0v) is 19.7. The first-order valence-corrected chi connectivity index (χ1v) is 9.97. The van der Waals surface area contributed by atoms with Crippen LogP contribution in [0, 0.1) is 5.92 Å². The monoisotopic (exact) mass is 481 g/mol. The van der Waals surface area contributed by atoms with Crippen molar-refractivity contribution in [1.29, 1.82) is 0 Å². The van der Waals surface area contributed by atoms with E-state index in [-0.39, 0.29) is 35.9 Å². The third kappa shape index (κ3) is 11.2. The SMILES string of the molecule is CCNC(=NCCCCC(C)C)N1CCN(CC(=O)NC(C)C)CC1.I. The molecule has 6 nitrogen and oxygen atoms in total. The second kappa shape index (κ2) is 14.5. The molecule has 0 unspecified atom stereocenters. The molecule has 0 aromatic carbocycles. The number of unbranched alkanes of at least 4 members (excludes halogenated alkanes) is 1. The lowest BCUT2D eigenvalue weighted by Crippen LogP contribution is -2.54. The van der Waals surface area contributed by atoms with Crippen LogP contribution in [0.1, 0.15) is 53.9 Å². The van der Waals surface area contributed by atoms with E-state index in [9.17, 15) is 4.79 Å². The molecule has 1 aliphatic heterocycles. The van der Waals surface area contributed by atoms with E-state index < -0.39 is 0 Å². The Hall–Kier alpha value is -0.570. The summed E-state index contributed by atoms with van der Waals surface area (Å²) in [6.07, 6.45) is 3.69. The summed E-state index contributed by atoms with van der Waals surface area (Å²) in [5, 5.41) is 6.37. The van der Waals surface area contributed by atoms with Gasteiger partial charge in [-0.3, -0.25) is 14.7 Å². The van der Waals surface area contributed by atoms with Gasteiger partial charge in [0, 0.05) is 45.3 Å². The van der Waals surface area contributed by atoms with Crippen molar-refractivity contribution < 1.29 is 4.79 Å². The second-order valence-corrected chi connectivity index (χ2v) is 7.61. The fraction of sp³-hybridized carbons (Fsp3) is 0.895. The molecule has 0 spiro atoms. The number of hydrogen-bond donors (Lipinski definition) is 2. The highest BCUT2D eigenvalue weighted by Gasteiger charge is 2.21. The van der Waals surface area contributed by atoms with Crippen LogP contribution in [-0.4, -0.2) is 73.5 Å². The third-order valence-corrected chi connectivity index (χ3v) is 4.27. The summed E-state index contributed by atoms with van der Waals surface area (Å²) in [5.41, 5.74) is 0. The minimum Gasteiger partial charge on any atom is -0.357 e. The number of piperazine rings is 1. The van der Waals surface area contributed by atoms with Crippen LogP contribution in [0.15, 0.2) is 4.99 Å². The molecule has 0 atom stereocenters. The predicted molar refractivity (Wildman–Crippen MR) is 121 cm³/mol. The Balaban J connectivity index is 0.00000625. The van der Waals surface area contributed by atoms with E-state index in [4.69, 9.17) is 4.99 Å². The van der Waals surface area contributed by atoms with Crippen LogP contribution >= 0.6 is 24.0 Å². The van der Waals surface area contributed by atoms with Crippen molar-refractivity contribution in [3.8, 4) is 0 Å². The van der Waals surface area contributed by atoms with Gasteiger partial charge >= 0.3 is 0 Å². The van der Waals surface area contributed by atoms with Gasteiger partial charge in [0.2, 0.25) is 5.91 Å². The predicted octanol–water partition coefficient (Wildman–Crippen LogP) is 2.54. The molecule has 1 heterocycles. The molecule has 0 saturated carbocycles. The highest BCUT2D eigenvalue weighted by molar-refractivity contribution is 14.0. The van der Waals surface area contributed by atoms with Gasteiger partial charge in [-0.15, -0.1) is 24.0 Å². The number of hydrogen-bond acceptors (Lipinski definition) is 3. The molecule has 1 fully saturated rings. The van der Waals surface area contributed by atoms with E-state index in [1.165, 1.54) is 12.8 Å². The first-order valence-electron chi connectivity index (χ1n) is 9.97. The number of nitrogens with one attached hydrogen (secondary N) is 2. The lowest BCUT2D eigenvalue weighted by atomic mass is 10.1. The molecule has 1 rings (SSSR count). The standard InChI is InChI=1S/C19H39N5O.HI/c1-6-20-19(21-10-8-7-9-16(2)3)24-13-11-23(12-14-24)15-18(25)22-17(4)5;/h16-17H,6-15H2,1-5H3,(H,20,21)(H,22,25);1H. The van der Waals surface area contributed by atoms with Crippen LogP contribution < -0.4 is 10.6 Å². The summed E-state index contributed by atoms with van der Waals surface area (Å²) in [4.78, 5) is 21.2. The zero-order valence-electron chi connectivity index (χ0n) is 17.4. The van der Waals surface area contributed by atoms with Crippen molar-refractivity contribution in [3.05, 3.63) is 0 Å². The molecule has 26 heavy (non-hydrogen) atoms. The highest BCUT2D eigenvalue weighted by Crippen LogP contribution is 2.07. The average Bonchev–Trinajstić information content (AvgIpc) is 2.53. The molecule has 1 aliphatic rings. The van der Waals surface area contributed by atoms with Crippen LogP contribution in [0.2, 0.25) is 0 Å². The van der Waals surface area contributed by atoms with E-state index in [0.29, 0.717) is 6.54 Å². The summed E-state index contributed by atoms with van der Waals surface area (Å²) in [6.45, 7) is 16.6. The van der Waals surface area contributed by atoms with Crippen LogP contribution in [0.5, 0.6) is 0 Å². The van der Waals surface area contributed by atoms with Gasteiger partial charge in [-0.25, -0.2) is 0 Å². The van der Waals surface area contributed by atoms with Crippen LogP contribution in [0.3, 0.4) is 0 Å². The van der Waals surface area contributed by atoms with Gasteiger partial charge < -0.3 is 15.5 Å². The van der Waals surface area contributed by atoms with E-state index in [0.717, 1.165) is 57.6 Å². The first kappa shape index (κ1) is 25.4. The van der Waals surface area contributed by atoms with Crippen molar-refractivity contribution in [2.45, 2.75) is 59.9 Å². The number of carbonyl (C=O) groups excluding carboxylic acids is 1. The lowest BCUT2D eigenvalue weighted by molar-refractivity contribution is -0.123. The summed E-state index contributed by atoms with van der Waals surface area (Å²) < 4.78 is 0. The quantitative estimate of drug-likeness (QED) is 0.230. The van der Waals surface area contributed by atoms with Crippen molar-refractivity contribution in [2.24, 2.45) is 10.9 Å². The maximum absolute atomic E-state index is 11.9. The number of amides is 1. The molecule has 0 aromatic heterocycles. The number of rotatable bonds is 9. The second-order valence-electron chi connectivity index (χ2n) is 7.61. The van der Waals surface area contributed by atoms with Gasteiger partial charge in [0.05, 0.1) is 6.54 Å². The molecular weight excluding hydrogens is 441 g/mol. The van der Waals surface area contributed by atoms with Crippen LogP contribution in [0.25, 0.3) is 0 Å². The lowest BCUT2D eigenvalue weighted by Gasteiger charge is -2.36. The average molecular weight is 481 g/mol. The Morgan fingerprint density at radius 2 is 1.73 bits per heavy atom. The first-order chi connectivity index (χ1) is 11.9. The molecular formula is C19H40IN5O. The maximum atomic E-state index is 11.9. The molecule has 7 heteroatoms. The fourth-order valence-corrected chi connectivity index (χ4v) is 2.96. The van der Waals surface area contributed by atoms with Gasteiger partial charge in [-0.2, -0.15) is 0 Å². The number of aliphatic imine (C=N–C) groups is 1. The van der Waals surface area contributed by atoms with Gasteiger partial charge in [0.25, 0.3) is 0 Å². The maximum Gasteiger partial charge on any atom is 0.234 e. The number of carbonyl (C=O) groups is 1. The van der Waals surface area contributed by atoms with E-state index in [2.05, 4.69) is 41.2 Å². The van der Waals surface area contributed by atoms with Crippen molar-refractivity contribution in [2.75, 3.05) is 45.8 Å². The molecule has 0 aromatic rings. The third-order valence-electron chi connectivity index (χ3n) is 4.27. The summed E-state index contributed by atoms with van der Waals surface area (Å²) in [7, 11) is 0. The van der Waals surface area contributed by atoms with Gasteiger partial charge in [0.15, 0.2) is 5.96 Å². The molecule has 0 aliphatic carbocycles. The van der Waals surface area contributed by atoms with Crippen molar-refractivity contribution in [1.82, 2.24) is 20.4 Å². The minimum absolute atomic E-state index is 0. The van der Waals surface area contributed by atoms with E-state index in [1.807, 2.05) is 13.8 Å². The summed E-state index contributed by atoms with van der Waals surface area (Å²) >= 11 is 0. The van der Waals surface area contributed by atoms with Gasteiger partial charge in [0.1, 0.15) is 0 Å². The molecule has 1 saturated heterocycles. The largest absolute Gasteiger partial charge is 0.357 e. The van der Waals surface area contributed by atoms with Gasteiger partial charge in [-0.05, 0) is 33.1 Å². The normalized spacial score (nSPS) is 16.0. The van der Waals surface area contributed by atoms with Gasteiger partial charge in [-0.1, -0.05) is 26.7 Å². The Labute approximate surface area is 177 Å². The smallest absolute Gasteiger partial charge is 0.234 e. The van der Waals surface area contributed by atoms with E-state index >= 15 is 0 Å². The molecule has 154 valence electrons. The molecule has 0 bridgehead atoms. The van der Waals surface area contributed by atoms with Crippen molar-refractivity contribution >= 4 is 35.8 Å². The summed E-state index contributed by atoms with van der Waals surface area (Å²) in [6, 6.07) is 0.206.